The lowest BCUT2D eigenvalue weighted by molar-refractivity contribution is -0.116. The molecule has 3 amide bonds. The van der Waals surface area contributed by atoms with E-state index >= 15 is 0 Å². The van der Waals surface area contributed by atoms with E-state index in [-0.39, 0.29) is 24.3 Å². The van der Waals surface area contributed by atoms with Crippen molar-refractivity contribution in [2.75, 3.05) is 23.7 Å². The van der Waals surface area contributed by atoms with E-state index in [1.807, 2.05) is 68.4 Å². The second kappa shape index (κ2) is 11.3. The molecule has 0 aliphatic heterocycles. The van der Waals surface area contributed by atoms with Gasteiger partial charge in [0.25, 0.3) is 0 Å². The Hall–Kier alpha value is -4.46. The van der Waals surface area contributed by atoms with Crippen molar-refractivity contribution in [2.24, 2.45) is 0 Å². The molecule has 0 aliphatic rings. The minimum Gasteiger partial charge on any atom is -0.315 e. The number of aryl methyl sites for hydroxylation is 1. The van der Waals surface area contributed by atoms with Crippen LogP contribution in [0.3, 0.4) is 0 Å². The maximum absolute atomic E-state index is 13.5. The Bertz CT molecular complexity index is 1340. The molecule has 184 valence electrons. The summed E-state index contributed by atoms with van der Waals surface area (Å²) >= 11 is 0. The number of hydrogen-bond donors (Lipinski definition) is 2. The Morgan fingerprint density at radius 2 is 1.64 bits per heavy atom. The van der Waals surface area contributed by atoms with Crippen molar-refractivity contribution in [3.8, 4) is 16.9 Å². The summed E-state index contributed by atoms with van der Waals surface area (Å²) in [7, 11) is 0. The monoisotopic (exact) mass is 485 g/mol. The van der Waals surface area contributed by atoms with Gasteiger partial charge in [-0.15, -0.1) is 0 Å². The highest BCUT2D eigenvalue weighted by Gasteiger charge is 2.20. The van der Waals surface area contributed by atoms with Gasteiger partial charge in [0.15, 0.2) is 0 Å². The Labute approximate surface area is 209 Å². The van der Waals surface area contributed by atoms with Gasteiger partial charge < -0.3 is 15.5 Å². The molecule has 4 rings (SSSR count). The molecule has 0 saturated carbocycles. The fraction of sp³-hybridized carbons (Fsp3) is 0.179. The minimum atomic E-state index is -0.369. The van der Waals surface area contributed by atoms with Gasteiger partial charge in [-0.1, -0.05) is 55.5 Å². The number of hydrogen-bond acceptors (Lipinski definition) is 3. The Balaban J connectivity index is 1.55. The summed E-state index contributed by atoms with van der Waals surface area (Å²) in [6.45, 7) is 4.13. The van der Waals surface area contributed by atoms with Crippen molar-refractivity contribution in [3.05, 3.63) is 96.3 Å². The maximum Gasteiger partial charge on any atom is 0.322 e. The number of benzene rings is 3. The van der Waals surface area contributed by atoms with Crippen molar-refractivity contribution in [1.82, 2.24) is 14.7 Å². The molecule has 0 bridgehead atoms. The van der Waals surface area contributed by atoms with Crippen molar-refractivity contribution >= 4 is 23.4 Å². The third-order valence-corrected chi connectivity index (χ3v) is 5.62. The Morgan fingerprint density at radius 3 is 2.33 bits per heavy atom. The molecule has 3 aromatic carbocycles. The summed E-state index contributed by atoms with van der Waals surface area (Å²) in [5.74, 6) is -0.317. The number of para-hydroxylation sites is 1. The number of urea groups is 1. The van der Waals surface area contributed by atoms with E-state index in [2.05, 4.69) is 15.7 Å². The number of halogens is 1. The van der Waals surface area contributed by atoms with E-state index < -0.39 is 0 Å². The number of carbonyl (C=O) groups excluding carboxylic acids is 2. The normalized spacial score (nSPS) is 10.6. The first-order chi connectivity index (χ1) is 17.4. The number of nitrogens with one attached hydrogen (secondary N) is 2. The van der Waals surface area contributed by atoms with Gasteiger partial charge in [0.2, 0.25) is 5.91 Å². The molecule has 1 aromatic heterocycles. The fourth-order valence-corrected chi connectivity index (χ4v) is 3.78. The highest BCUT2D eigenvalue weighted by Crippen LogP contribution is 2.25. The zero-order valence-corrected chi connectivity index (χ0v) is 20.2. The van der Waals surface area contributed by atoms with Gasteiger partial charge in [-0.25, -0.2) is 13.9 Å². The second-order valence-electron chi connectivity index (χ2n) is 8.38. The van der Waals surface area contributed by atoms with Gasteiger partial charge in [0.1, 0.15) is 18.2 Å². The molecule has 36 heavy (non-hydrogen) atoms. The molecule has 0 unspecified atom stereocenters. The van der Waals surface area contributed by atoms with E-state index in [1.165, 1.54) is 17.0 Å². The van der Waals surface area contributed by atoms with Gasteiger partial charge in [-0.2, -0.15) is 5.10 Å². The summed E-state index contributed by atoms with van der Waals surface area (Å²) in [5, 5.41) is 10.4. The predicted molar refractivity (Wildman–Crippen MR) is 140 cm³/mol. The van der Waals surface area contributed by atoms with Crippen LogP contribution in [0.15, 0.2) is 84.9 Å². The van der Waals surface area contributed by atoms with Crippen LogP contribution in [0.4, 0.5) is 20.7 Å². The topological polar surface area (TPSA) is 79.3 Å². The third kappa shape index (κ3) is 5.96. The van der Waals surface area contributed by atoms with Crippen molar-refractivity contribution in [2.45, 2.75) is 20.3 Å². The Kier molecular flexibility index (Phi) is 7.75. The predicted octanol–water partition coefficient (Wildman–Crippen LogP) is 5.87. The molecule has 1 heterocycles. The number of aromatic nitrogens is 2. The average molecular weight is 486 g/mol. The van der Waals surface area contributed by atoms with Crippen LogP contribution in [-0.4, -0.2) is 39.7 Å². The summed E-state index contributed by atoms with van der Waals surface area (Å²) in [5.41, 5.74) is 3.75. The van der Waals surface area contributed by atoms with Crippen LogP contribution in [-0.2, 0) is 4.79 Å². The lowest BCUT2D eigenvalue weighted by Gasteiger charge is -2.22. The van der Waals surface area contributed by atoms with Crippen LogP contribution in [0.2, 0.25) is 0 Å². The molecular weight excluding hydrogens is 457 g/mol. The molecule has 8 heteroatoms. The largest absolute Gasteiger partial charge is 0.322 e. The summed E-state index contributed by atoms with van der Waals surface area (Å²) in [4.78, 5) is 27.5. The van der Waals surface area contributed by atoms with Gasteiger partial charge in [-0.05, 0) is 49.2 Å². The van der Waals surface area contributed by atoms with Crippen LogP contribution in [0.1, 0.15) is 18.9 Å². The zero-order chi connectivity index (χ0) is 25.5. The summed E-state index contributed by atoms with van der Waals surface area (Å²) in [6.07, 6.45) is 0.695. The first-order valence-electron chi connectivity index (χ1n) is 11.8. The van der Waals surface area contributed by atoms with E-state index in [1.54, 1.807) is 22.9 Å². The smallest absolute Gasteiger partial charge is 0.315 e. The van der Waals surface area contributed by atoms with Gasteiger partial charge in [0, 0.05) is 23.9 Å². The lowest BCUT2D eigenvalue weighted by Crippen LogP contribution is -2.41. The highest BCUT2D eigenvalue weighted by atomic mass is 19.1. The van der Waals surface area contributed by atoms with Crippen LogP contribution < -0.4 is 10.6 Å². The van der Waals surface area contributed by atoms with E-state index in [4.69, 9.17) is 0 Å². The third-order valence-electron chi connectivity index (χ3n) is 5.62. The van der Waals surface area contributed by atoms with Crippen LogP contribution >= 0.6 is 0 Å². The molecule has 0 saturated heterocycles. The molecule has 0 radical (unpaired) electrons. The molecule has 2 N–H and O–H groups in total. The number of nitrogens with zero attached hydrogens (tertiary/aromatic N) is 3. The van der Waals surface area contributed by atoms with E-state index in [0.717, 1.165) is 11.1 Å². The molecule has 4 aromatic rings. The van der Waals surface area contributed by atoms with E-state index in [0.29, 0.717) is 35.9 Å². The fourth-order valence-electron chi connectivity index (χ4n) is 3.78. The molecule has 0 fully saturated rings. The average Bonchev–Trinajstić information content (AvgIpc) is 3.29. The number of rotatable bonds is 8. The molecule has 0 aliphatic carbocycles. The van der Waals surface area contributed by atoms with Crippen LogP contribution in [0, 0.1) is 12.7 Å². The summed E-state index contributed by atoms with van der Waals surface area (Å²) in [6, 6.07) is 24.3. The molecule has 7 nitrogen and oxygen atoms in total. The first kappa shape index (κ1) is 24.7. The SMILES string of the molecule is CCCN(CC(=O)Nc1cc(-c2ccccc2)nn1-c1ccc(F)cc1)C(=O)Nc1ccccc1C. The van der Waals surface area contributed by atoms with Gasteiger partial charge in [-0.3, -0.25) is 4.79 Å². The van der Waals surface area contributed by atoms with Gasteiger partial charge >= 0.3 is 6.03 Å². The Morgan fingerprint density at radius 1 is 0.944 bits per heavy atom. The highest BCUT2D eigenvalue weighted by molar-refractivity contribution is 5.97. The van der Waals surface area contributed by atoms with Crippen LogP contribution in [0.25, 0.3) is 16.9 Å². The zero-order valence-electron chi connectivity index (χ0n) is 20.2. The number of amides is 3. The minimum absolute atomic E-state index is 0.138. The standard InChI is InChI=1S/C28H28FN5O2/c1-3-17-33(28(36)30-24-12-8-7-9-20(24)2)19-27(35)31-26-18-25(21-10-5-4-6-11-21)32-34(26)23-15-13-22(29)14-16-23/h4-16,18H,3,17,19H2,1-2H3,(H,30,36)(H,31,35). The first-order valence-corrected chi connectivity index (χ1v) is 11.8. The lowest BCUT2D eigenvalue weighted by atomic mass is 10.1. The van der Waals surface area contributed by atoms with E-state index in [9.17, 15) is 14.0 Å². The van der Waals surface area contributed by atoms with Crippen molar-refractivity contribution < 1.29 is 14.0 Å². The number of anilines is 2. The maximum atomic E-state index is 13.5. The van der Waals surface area contributed by atoms with Gasteiger partial charge in [0.05, 0.1) is 11.4 Å². The molecule has 0 atom stereocenters. The second-order valence-corrected chi connectivity index (χ2v) is 8.38. The van der Waals surface area contributed by atoms with Crippen LogP contribution in [0.5, 0.6) is 0 Å². The van der Waals surface area contributed by atoms with Crippen molar-refractivity contribution in [3.63, 3.8) is 0 Å². The molecular formula is C28H28FN5O2. The summed E-state index contributed by atoms with van der Waals surface area (Å²) < 4.78 is 15.1. The quantitative estimate of drug-likeness (QED) is 0.328. The van der Waals surface area contributed by atoms with Crippen molar-refractivity contribution in [1.29, 1.82) is 0 Å². The molecule has 0 spiro atoms. The number of carbonyl (C=O) groups is 2.